The van der Waals surface area contributed by atoms with Gasteiger partial charge in [-0.25, -0.2) is 4.39 Å². The Morgan fingerprint density at radius 2 is 1.85 bits per heavy atom. The van der Waals surface area contributed by atoms with E-state index in [1.54, 1.807) is 24.6 Å². The van der Waals surface area contributed by atoms with Crippen LogP contribution < -0.4 is 10.6 Å². The van der Waals surface area contributed by atoms with Crippen molar-refractivity contribution in [1.82, 2.24) is 20.1 Å². The number of nitrogens with zero attached hydrogens (tertiary/aromatic N) is 4. The van der Waals surface area contributed by atoms with Gasteiger partial charge in [0.25, 0.3) is 11.6 Å². The van der Waals surface area contributed by atoms with E-state index in [1.807, 2.05) is 6.92 Å². The van der Waals surface area contributed by atoms with Crippen LogP contribution in [-0.4, -0.2) is 36.8 Å². The number of aromatic nitrogens is 3. The molecule has 2 N–H and O–H groups in total. The Kier molecular flexibility index (Phi) is 7.95. The number of nitro groups is 1. The predicted octanol–water partition coefficient (Wildman–Crippen LogP) is 3.86. The van der Waals surface area contributed by atoms with Crippen molar-refractivity contribution in [3.05, 3.63) is 75.9 Å². The molecular weight excluding hydrogens is 463 g/mol. The number of carbonyl (C=O) groups is 2. The Bertz CT molecular complexity index is 1200. The Labute approximate surface area is 199 Å². The molecule has 0 fully saturated rings. The third-order valence-corrected chi connectivity index (χ3v) is 6.38. The van der Waals surface area contributed by atoms with Gasteiger partial charge in [0.15, 0.2) is 11.0 Å². The van der Waals surface area contributed by atoms with Crippen molar-refractivity contribution in [2.75, 3.05) is 5.32 Å². The number of benzene rings is 2. The average molecular weight is 487 g/mol. The maximum absolute atomic E-state index is 13.9. The van der Waals surface area contributed by atoms with Gasteiger partial charge in [-0.15, -0.1) is 10.2 Å². The van der Waals surface area contributed by atoms with Crippen LogP contribution in [0, 0.1) is 15.9 Å². The molecule has 0 bridgehead atoms. The van der Waals surface area contributed by atoms with Crippen molar-refractivity contribution >= 4 is 35.0 Å². The van der Waals surface area contributed by atoms with Crippen molar-refractivity contribution in [2.45, 2.75) is 36.7 Å². The van der Waals surface area contributed by atoms with Crippen molar-refractivity contribution in [3.63, 3.8) is 0 Å². The quantitative estimate of drug-likeness (QED) is 0.267. The van der Waals surface area contributed by atoms with E-state index in [0.29, 0.717) is 23.1 Å². The van der Waals surface area contributed by atoms with E-state index in [2.05, 4.69) is 20.8 Å². The predicted molar refractivity (Wildman–Crippen MR) is 125 cm³/mol. The molecule has 178 valence electrons. The summed E-state index contributed by atoms with van der Waals surface area (Å²) in [5.74, 6) is -1.03. The molecule has 34 heavy (non-hydrogen) atoms. The first-order valence-electron chi connectivity index (χ1n) is 10.4. The number of rotatable bonds is 9. The fraction of sp³-hybridized carbons (Fsp3) is 0.273. The highest BCUT2D eigenvalue weighted by molar-refractivity contribution is 8.00. The number of hydrogen-bond donors (Lipinski definition) is 2. The van der Waals surface area contributed by atoms with Gasteiger partial charge in [0.05, 0.1) is 21.8 Å². The summed E-state index contributed by atoms with van der Waals surface area (Å²) in [7, 11) is 1.71. The molecule has 1 aromatic heterocycles. The number of hydrogen-bond acceptors (Lipinski definition) is 7. The molecule has 0 aliphatic rings. The Morgan fingerprint density at radius 3 is 2.47 bits per heavy atom. The van der Waals surface area contributed by atoms with E-state index in [-0.39, 0.29) is 17.2 Å². The Balaban J connectivity index is 1.66. The maximum Gasteiger partial charge on any atom is 0.269 e. The highest BCUT2D eigenvalue weighted by atomic mass is 32.2. The highest BCUT2D eigenvalue weighted by Crippen LogP contribution is 2.27. The number of nitrogens with one attached hydrogen (secondary N) is 2. The second kappa shape index (κ2) is 10.9. The molecule has 0 unspecified atom stereocenters. The van der Waals surface area contributed by atoms with Crippen LogP contribution in [0.3, 0.4) is 0 Å². The lowest BCUT2D eigenvalue weighted by Gasteiger charge is -2.16. The van der Waals surface area contributed by atoms with Crippen molar-refractivity contribution in [3.8, 4) is 0 Å². The molecule has 0 spiro atoms. The summed E-state index contributed by atoms with van der Waals surface area (Å²) >= 11 is 1.20. The minimum atomic E-state index is -0.619. The molecule has 0 saturated carbocycles. The van der Waals surface area contributed by atoms with Gasteiger partial charge in [0.2, 0.25) is 5.91 Å². The first kappa shape index (κ1) is 24.8. The lowest BCUT2D eigenvalue weighted by Crippen LogP contribution is -2.29. The zero-order valence-electron chi connectivity index (χ0n) is 18.7. The first-order chi connectivity index (χ1) is 16.2. The number of carbonyl (C=O) groups excluding carboxylic acids is 2. The number of amides is 2. The number of nitro benzene ring substituents is 1. The molecule has 0 aliphatic carbocycles. The van der Waals surface area contributed by atoms with Gasteiger partial charge in [-0.2, -0.15) is 0 Å². The normalized spacial score (nSPS) is 12.6. The number of halogens is 1. The minimum absolute atomic E-state index is 0.0674. The van der Waals surface area contributed by atoms with Crippen LogP contribution in [0.5, 0.6) is 0 Å². The topological polar surface area (TPSA) is 132 Å². The van der Waals surface area contributed by atoms with Crippen LogP contribution >= 0.6 is 11.8 Å². The average Bonchev–Trinajstić information content (AvgIpc) is 3.17. The summed E-state index contributed by atoms with van der Waals surface area (Å²) < 4.78 is 15.5. The van der Waals surface area contributed by atoms with Crippen LogP contribution in [0.2, 0.25) is 0 Å². The fourth-order valence-electron chi connectivity index (χ4n) is 3.13. The highest BCUT2D eigenvalue weighted by Gasteiger charge is 2.24. The van der Waals surface area contributed by atoms with Crippen molar-refractivity contribution in [2.24, 2.45) is 7.05 Å². The third kappa shape index (κ3) is 5.76. The molecule has 1 heterocycles. The van der Waals surface area contributed by atoms with Crippen LogP contribution in [0.15, 0.2) is 53.7 Å². The van der Waals surface area contributed by atoms with Crippen molar-refractivity contribution in [1.29, 1.82) is 0 Å². The lowest BCUT2D eigenvalue weighted by molar-refractivity contribution is -0.384. The van der Waals surface area contributed by atoms with Gasteiger partial charge < -0.3 is 15.2 Å². The maximum atomic E-state index is 13.9. The molecule has 3 aromatic rings. The minimum Gasteiger partial charge on any atom is -0.342 e. The van der Waals surface area contributed by atoms with Gasteiger partial charge in [-0.1, -0.05) is 30.8 Å². The van der Waals surface area contributed by atoms with Crippen LogP contribution in [0.4, 0.5) is 15.8 Å². The number of thioether (sulfide) groups is 1. The Morgan fingerprint density at radius 1 is 1.18 bits per heavy atom. The van der Waals surface area contributed by atoms with E-state index >= 15 is 0 Å². The second-order valence-corrected chi connectivity index (χ2v) is 8.55. The molecule has 0 aliphatic heterocycles. The summed E-state index contributed by atoms with van der Waals surface area (Å²) in [4.78, 5) is 35.4. The van der Waals surface area contributed by atoms with E-state index < -0.39 is 27.9 Å². The molecule has 2 amide bonds. The molecule has 12 heteroatoms. The van der Waals surface area contributed by atoms with Gasteiger partial charge in [0.1, 0.15) is 5.82 Å². The van der Waals surface area contributed by atoms with E-state index in [9.17, 15) is 24.1 Å². The Hall–Kier alpha value is -3.80. The van der Waals surface area contributed by atoms with Gasteiger partial charge in [-0.05, 0) is 37.6 Å². The smallest absolute Gasteiger partial charge is 0.269 e. The summed E-state index contributed by atoms with van der Waals surface area (Å²) in [6.45, 7) is 3.55. The van der Waals surface area contributed by atoms with Gasteiger partial charge in [0, 0.05) is 24.9 Å². The number of anilines is 1. The summed E-state index contributed by atoms with van der Waals surface area (Å²) in [6.07, 6.45) is 0.491. The van der Waals surface area contributed by atoms with E-state index in [1.165, 1.54) is 54.2 Å². The van der Waals surface area contributed by atoms with E-state index in [0.717, 1.165) is 0 Å². The van der Waals surface area contributed by atoms with Gasteiger partial charge >= 0.3 is 0 Å². The molecule has 2 atom stereocenters. The number of non-ortho nitro benzene ring substituents is 1. The van der Waals surface area contributed by atoms with E-state index in [4.69, 9.17) is 0 Å². The monoisotopic (exact) mass is 486 g/mol. The lowest BCUT2D eigenvalue weighted by atomic mass is 10.2. The third-order valence-electron chi connectivity index (χ3n) is 4.98. The summed E-state index contributed by atoms with van der Waals surface area (Å²) in [5.41, 5.74) is 0.306. The second-order valence-electron chi connectivity index (χ2n) is 7.38. The SMILES string of the molecule is CC[C@H](Sc1nnc([C@@H](C)NC(=O)c2ccccc2F)n1C)C(=O)Nc1ccc([N+](=O)[O-])cc1. The molecule has 10 nitrogen and oxygen atoms in total. The molecule has 0 saturated heterocycles. The molecule has 2 aromatic carbocycles. The standard InChI is InChI=1S/C22H23FN6O4S/c1-4-18(21(31)25-14-9-11-15(12-10-14)29(32)33)34-22-27-26-19(28(22)3)13(2)24-20(30)16-7-5-6-8-17(16)23/h5-13,18H,4H2,1-3H3,(H,24,30)(H,25,31)/t13-,18+/m1/s1. The molecule has 0 radical (unpaired) electrons. The van der Waals surface area contributed by atoms with Crippen molar-refractivity contribution < 1.29 is 18.9 Å². The van der Waals surface area contributed by atoms with Crippen LogP contribution in [0.1, 0.15) is 42.5 Å². The molecule has 3 rings (SSSR count). The largest absolute Gasteiger partial charge is 0.342 e. The zero-order valence-corrected chi connectivity index (χ0v) is 19.5. The van der Waals surface area contributed by atoms with Crippen LogP contribution in [-0.2, 0) is 11.8 Å². The van der Waals surface area contributed by atoms with Gasteiger partial charge in [-0.3, -0.25) is 19.7 Å². The fourth-order valence-corrected chi connectivity index (χ4v) is 4.06. The summed E-state index contributed by atoms with van der Waals surface area (Å²) in [6, 6.07) is 10.7. The zero-order chi connectivity index (χ0) is 24.8. The molecular formula is C22H23FN6O4S. The summed E-state index contributed by atoms with van der Waals surface area (Å²) in [5, 5.41) is 24.5. The first-order valence-corrected chi connectivity index (χ1v) is 11.3. The van der Waals surface area contributed by atoms with Crippen LogP contribution in [0.25, 0.3) is 0 Å².